The molecule has 1 unspecified atom stereocenters. The van der Waals surface area contributed by atoms with E-state index in [1.165, 1.54) is 12.1 Å². The molecule has 0 aliphatic carbocycles. The van der Waals surface area contributed by atoms with Gasteiger partial charge in [0.1, 0.15) is 11.6 Å². The molecule has 2 aromatic rings. The first kappa shape index (κ1) is 16.8. The van der Waals surface area contributed by atoms with E-state index in [4.69, 9.17) is 4.74 Å². The molecule has 2 aromatic carbocycles. The van der Waals surface area contributed by atoms with Crippen LogP contribution in [0.1, 0.15) is 34.1 Å². The molecule has 0 saturated heterocycles. The van der Waals surface area contributed by atoms with E-state index in [2.05, 4.69) is 0 Å². The van der Waals surface area contributed by atoms with Gasteiger partial charge < -0.3 is 4.74 Å². The zero-order chi connectivity index (χ0) is 18.0. The molecule has 0 spiro atoms. The highest BCUT2D eigenvalue weighted by atomic mass is 19.1. The maximum Gasteiger partial charge on any atom is 0.270 e. The Morgan fingerprint density at radius 1 is 1.12 bits per heavy atom. The van der Waals surface area contributed by atoms with E-state index >= 15 is 0 Å². The summed E-state index contributed by atoms with van der Waals surface area (Å²) in [6, 6.07) is 11.5. The molecule has 3 rings (SSSR count). The van der Waals surface area contributed by atoms with Gasteiger partial charge >= 0.3 is 0 Å². The minimum atomic E-state index is -0.839. The number of para-hydroxylation sites is 1. The van der Waals surface area contributed by atoms with Crippen LogP contribution in [0.25, 0.3) is 0 Å². The van der Waals surface area contributed by atoms with Crippen molar-refractivity contribution in [3.05, 3.63) is 65.5 Å². The summed E-state index contributed by atoms with van der Waals surface area (Å²) in [5, 5.41) is 0. The van der Waals surface area contributed by atoms with Gasteiger partial charge in [0.2, 0.25) is 0 Å². The minimum absolute atomic E-state index is 0.230. The highest BCUT2D eigenvalue weighted by Crippen LogP contribution is 2.26. The van der Waals surface area contributed by atoms with E-state index in [9.17, 15) is 18.8 Å². The van der Waals surface area contributed by atoms with Crippen LogP contribution in [0.3, 0.4) is 0 Å². The number of hydrogen-bond donors (Lipinski definition) is 0. The highest BCUT2D eigenvalue weighted by molar-refractivity contribution is 6.12. The summed E-state index contributed by atoms with van der Waals surface area (Å²) in [5.74, 6) is -1.72. The summed E-state index contributed by atoms with van der Waals surface area (Å²) in [5.41, 5.74) is 0.465. The van der Waals surface area contributed by atoms with Crippen LogP contribution in [0.15, 0.2) is 48.5 Å². The number of benzene rings is 2. The van der Waals surface area contributed by atoms with E-state index in [1.54, 1.807) is 31.2 Å². The molecule has 1 aliphatic rings. The van der Waals surface area contributed by atoms with Crippen LogP contribution < -0.4 is 4.74 Å². The van der Waals surface area contributed by atoms with Crippen molar-refractivity contribution < 1.29 is 23.5 Å². The van der Waals surface area contributed by atoms with Crippen molar-refractivity contribution in [2.24, 2.45) is 0 Å². The van der Waals surface area contributed by atoms with Crippen LogP contribution in [-0.4, -0.2) is 35.1 Å². The van der Waals surface area contributed by atoms with Gasteiger partial charge in [-0.15, -0.1) is 0 Å². The molecule has 2 amide bonds. The molecular weight excluding hydrogens is 325 g/mol. The van der Waals surface area contributed by atoms with Gasteiger partial charge in [-0.2, -0.15) is 0 Å². The molecular formula is C19H16FNO4. The third-order valence-corrected chi connectivity index (χ3v) is 4.01. The van der Waals surface area contributed by atoms with Crippen LogP contribution in [-0.2, 0) is 4.79 Å². The first-order chi connectivity index (χ1) is 12.0. The molecule has 0 aromatic heterocycles. The number of hydrogen-bond acceptors (Lipinski definition) is 4. The van der Waals surface area contributed by atoms with Crippen molar-refractivity contribution in [2.45, 2.75) is 19.4 Å². The lowest BCUT2D eigenvalue weighted by Gasteiger charge is -2.21. The fraction of sp³-hybridized carbons (Fsp3) is 0.211. The number of imide groups is 1. The van der Waals surface area contributed by atoms with Crippen LogP contribution >= 0.6 is 0 Å². The van der Waals surface area contributed by atoms with Gasteiger partial charge in [-0.1, -0.05) is 19.1 Å². The number of rotatable bonds is 4. The predicted molar refractivity (Wildman–Crippen MR) is 87.9 cm³/mol. The molecule has 1 atom stereocenters. The molecule has 1 heterocycles. The number of nitrogens with zero attached hydrogens (tertiary/aromatic N) is 1. The molecule has 25 heavy (non-hydrogen) atoms. The molecule has 1 aliphatic heterocycles. The fourth-order valence-electron chi connectivity index (χ4n) is 2.65. The lowest BCUT2D eigenvalue weighted by atomic mass is 10.1. The number of ketones is 1. The van der Waals surface area contributed by atoms with E-state index in [0.29, 0.717) is 12.2 Å². The second kappa shape index (κ2) is 6.84. The fourth-order valence-corrected chi connectivity index (χ4v) is 2.65. The van der Waals surface area contributed by atoms with Gasteiger partial charge in [-0.05, 0) is 42.8 Å². The second-order valence-electron chi connectivity index (χ2n) is 5.67. The van der Waals surface area contributed by atoms with Crippen molar-refractivity contribution in [2.75, 3.05) is 6.54 Å². The summed E-state index contributed by atoms with van der Waals surface area (Å²) in [6.07, 6.45) is -0.476. The molecule has 128 valence electrons. The van der Waals surface area contributed by atoms with Crippen LogP contribution in [0.2, 0.25) is 0 Å². The Labute approximate surface area is 144 Å². The smallest absolute Gasteiger partial charge is 0.270 e. The maximum absolute atomic E-state index is 13.0. The Morgan fingerprint density at radius 2 is 1.80 bits per heavy atom. The summed E-state index contributed by atoms with van der Waals surface area (Å²) in [7, 11) is 0. The molecule has 6 heteroatoms. The summed E-state index contributed by atoms with van der Waals surface area (Å²) in [4.78, 5) is 38.7. The van der Waals surface area contributed by atoms with Crippen LogP contribution in [0.5, 0.6) is 5.75 Å². The quantitative estimate of drug-likeness (QED) is 0.634. The monoisotopic (exact) mass is 341 g/mol. The average Bonchev–Trinajstić information content (AvgIpc) is 2.72. The van der Waals surface area contributed by atoms with E-state index in [1.807, 2.05) is 0 Å². The first-order valence-corrected chi connectivity index (χ1v) is 7.91. The zero-order valence-electron chi connectivity index (χ0n) is 13.6. The van der Waals surface area contributed by atoms with E-state index < -0.39 is 36.1 Å². The highest BCUT2D eigenvalue weighted by Gasteiger charge is 2.36. The third-order valence-electron chi connectivity index (χ3n) is 4.01. The SMILES string of the molecule is CCC1Oc2ccccc2C(=O)N(CC(=O)c2ccc(F)cc2)C1=O. The second-order valence-corrected chi connectivity index (χ2v) is 5.67. The topological polar surface area (TPSA) is 63.7 Å². The van der Waals surface area contributed by atoms with Crippen molar-refractivity contribution in [3.63, 3.8) is 0 Å². The molecule has 0 N–H and O–H groups in total. The number of ether oxygens (including phenoxy) is 1. The van der Waals surface area contributed by atoms with Gasteiger partial charge in [0.15, 0.2) is 11.9 Å². The van der Waals surface area contributed by atoms with Gasteiger partial charge in [0.05, 0.1) is 12.1 Å². The molecule has 0 radical (unpaired) electrons. The van der Waals surface area contributed by atoms with E-state index in [0.717, 1.165) is 17.0 Å². The van der Waals surface area contributed by atoms with Crippen molar-refractivity contribution in [3.8, 4) is 5.75 Å². The van der Waals surface area contributed by atoms with Gasteiger partial charge in [-0.3, -0.25) is 19.3 Å². The Morgan fingerprint density at radius 3 is 2.48 bits per heavy atom. The Bertz CT molecular complexity index is 832. The van der Waals surface area contributed by atoms with Crippen LogP contribution in [0.4, 0.5) is 4.39 Å². The van der Waals surface area contributed by atoms with Crippen molar-refractivity contribution in [1.29, 1.82) is 0 Å². The standard InChI is InChI=1S/C19H16FNO4/c1-2-16-19(24)21(11-15(22)12-7-9-13(20)10-8-12)18(23)14-5-3-4-6-17(14)25-16/h3-10,16H,2,11H2,1H3. The summed E-state index contributed by atoms with van der Waals surface area (Å²) in [6.45, 7) is 1.35. The number of halogens is 1. The summed E-state index contributed by atoms with van der Waals surface area (Å²) < 4.78 is 18.7. The molecule has 0 bridgehead atoms. The molecule has 0 fully saturated rings. The van der Waals surface area contributed by atoms with Crippen molar-refractivity contribution >= 4 is 17.6 Å². The number of amides is 2. The normalized spacial score (nSPS) is 16.9. The van der Waals surface area contributed by atoms with E-state index in [-0.39, 0.29) is 11.1 Å². The van der Waals surface area contributed by atoms with Crippen LogP contribution in [0, 0.1) is 5.82 Å². The summed E-state index contributed by atoms with van der Waals surface area (Å²) >= 11 is 0. The number of carbonyl (C=O) groups is 3. The minimum Gasteiger partial charge on any atom is -0.480 e. The lowest BCUT2D eigenvalue weighted by Crippen LogP contribution is -2.45. The molecule has 0 saturated carbocycles. The van der Waals surface area contributed by atoms with Gasteiger partial charge in [0, 0.05) is 5.56 Å². The van der Waals surface area contributed by atoms with Gasteiger partial charge in [-0.25, -0.2) is 4.39 Å². The maximum atomic E-state index is 13.0. The Balaban J connectivity index is 1.93. The van der Waals surface area contributed by atoms with Gasteiger partial charge in [0.25, 0.3) is 11.8 Å². The molecule has 5 nitrogen and oxygen atoms in total. The predicted octanol–water partition coefficient (Wildman–Crippen LogP) is 2.85. The Kier molecular flexibility index (Phi) is 4.61. The number of Topliss-reactive ketones (excluding diaryl/α,β-unsaturated/α-hetero) is 1. The number of carbonyl (C=O) groups excluding carboxylic acids is 3. The first-order valence-electron chi connectivity index (χ1n) is 7.91. The number of fused-ring (bicyclic) bond motifs is 1. The average molecular weight is 341 g/mol. The largest absolute Gasteiger partial charge is 0.480 e. The third kappa shape index (κ3) is 3.28. The zero-order valence-corrected chi connectivity index (χ0v) is 13.6. The van der Waals surface area contributed by atoms with Crippen molar-refractivity contribution in [1.82, 2.24) is 4.90 Å². The Hall–Kier alpha value is -3.02. The lowest BCUT2D eigenvalue weighted by molar-refractivity contribution is -0.135.